The van der Waals surface area contributed by atoms with Gasteiger partial charge in [-0.1, -0.05) is 18.7 Å². The molecule has 6 nitrogen and oxygen atoms in total. The summed E-state index contributed by atoms with van der Waals surface area (Å²) in [6, 6.07) is 0.392. The molecule has 1 aliphatic carbocycles. The zero-order valence-corrected chi connectivity index (χ0v) is 13.2. The number of hydrogen-bond donors (Lipinski definition) is 1. The topological polar surface area (TPSA) is 77.0 Å². The lowest BCUT2D eigenvalue weighted by Crippen LogP contribution is -2.40. The Bertz CT molecular complexity index is 467. The molecule has 0 unspecified atom stereocenters. The van der Waals surface area contributed by atoms with E-state index in [1.807, 2.05) is 11.9 Å². The molecule has 1 saturated carbocycles. The Morgan fingerprint density at radius 1 is 1.40 bits per heavy atom. The van der Waals surface area contributed by atoms with Gasteiger partial charge in [-0.25, -0.2) is 0 Å². The number of anilines is 1. The van der Waals surface area contributed by atoms with E-state index in [2.05, 4.69) is 17.1 Å². The van der Waals surface area contributed by atoms with E-state index in [9.17, 15) is 4.79 Å². The van der Waals surface area contributed by atoms with E-state index >= 15 is 0 Å². The van der Waals surface area contributed by atoms with Gasteiger partial charge in [0.15, 0.2) is 5.16 Å². The number of amides is 1. The second-order valence-corrected chi connectivity index (χ2v) is 6.55. The number of nitrogens with two attached hydrogens (primary N) is 1. The normalized spacial score (nSPS) is 22.8. The Balaban J connectivity index is 1.83. The van der Waals surface area contributed by atoms with Gasteiger partial charge in [0.25, 0.3) is 0 Å². The van der Waals surface area contributed by atoms with Crippen LogP contribution >= 0.6 is 11.8 Å². The first-order valence-corrected chi connectivity index (χ1v) is 8.01. The van der Waals surface area contributed by atoms with E-state index in [4.69, 9.17) is 5.73 Å². The predicted octanol–water partition coefficient (Wildman–Crippen LogP) is 1.53. The number of carbonyl (C=O) groups is 1. The summed E-state index contributed by atoms with van der Waals surface area (Å²) in [6.07, 6.45) is 4.67. The highest BCUT2D eigenvalue weighted by Gasteiger charge is 2.25. The van der Waals surface area contributed by atoms with Gasteiger partial charge in [0.1, 0.15) is 0 Å². The fourth-order valence-electron chi connectivity index (χ4n) is 2.51. The van der Waals surface area contributed by atoms with Crippen molar-refractivity contribution in [2.75, 3.05) is 18.5 Å². The second-order valence-electron chi connectivity index (χ2n) is 5.61. The molecule has 2 N–H and O–H groups in total. The number of nitrogens with zero attached hydrogens (tertiary/aromatic N) is 4. The van der Waals surface area contributed by atoms with Gasteiger partial charge in [-0.3, -0.25) is 9.36 Å². The Morgan fingerprint density at radius 2 is 2.05 bits per heavy atom. The minimum atomic E-state index is 0.149. The van der Waals surface area contributed by atoms with Gasteiger partial charge in [0, 0.05) is 20.1 Å². The third-order valence-corrected chi connectivity index (χ3v) is 5.12. The molecule has 7 heteroatoms. The van der Waals surface area contributed by atoms with E-state index in [1.54, 1.807) is 11.6 Å². The smallest absolute Gasteiger partial charge is 0.233 e. The highest BCUT2D eigenvalue weighted by molar-refractivity contribution is 7.99. The summed E-state index contributed by atoms with van der Waals surface area (Å²) < 4.78 is 1.69. The number of rotatable bonds is 4. The lowest BCUT2D eigenvalue weighted by Gasteiger charge is -2.33. The molecule has 0 spiro atoms. The molecule has 1 amide bonds. The van der Waals surface area contributed by atoms with Crippen molar-refractivity contribution in [3.63, 3.8) is 0 Å². The summed E-state index contributed by atoms with van der Waals surface area (Å²) in [5.74, 6) is 1.70. The highest BCUT2D eigenvalue weighted by Crippen LogP contribution is 2.27. The number of carbonyl (C=O) groups excluding carboxylic acids is 1. The van der Waals surface area contributed by atoms with E-state index < -0.39 is 0 Å². The van der Waals surface area contributed by atoms with Gasteiger partial charge in [-0.2, -0.15) is 0 Å². The lowest BCUT2D eigenvalue weighted by molar-refractivity contribution is -0.129. The molecule has 0 aromatic carbocycles. The minimum absolute atomic E-state index is 0.149. The van der Waals surface area contributed by atoms with Crippen LogP contribution in [0.5, 0.6) is 0 Å². The van der Waals surface area contributed by atoms with E-state index in [0.29, 0.717) is 22.9 Å². The minimum Gasteiger partial charge on any atom is -0.368 e. The van der Waals surface area contributed by atoms with Crippen LogP contribution in [0.15, 0.2) is 5.16 Å². The molecule has 0 atom stereocenters. The van der Waals surface area contributed by atoms with Gasteiger partial charge in [0.2, 0.25) is 11.9 Å². The largest absolute Gasteiger partial charge is 0.368 e. The van der Waals surface area contributed by atoms with Crippen molar-refractivity contribution in [2.24, 2.45) is 13.0 Å². The van der Waals surface area contributed by atoms with Crippen LogP contribution in [0.25, 0.3) is 0 Å². The molecule has 0 aliphatic heterocycles. The van der Waals surface area contributed by atoms with Crippen LogP contribution in [0.4, 0.5) is 5.95 Å². The molecule has 1 aromatic rings. The fraction of sp³-hybridized carbons (Fsp3) is 0.769. The Labute approximate surface area is 124 Å². The molecule has 1 aliphatic rings. The van der Waals surface area contributed by atoms with Crippen molar-refractivity contribution in [2.45, 2.75) is 43.8 Å². The zero-order chi connectivity index (χ0) is 14.7. The van der Waals surface area contributed by atoms with E-state index in [1.165, 1.54) is 24.6 Å². The molecule has 1 aromatic heterocycles. The highest BCUT2D eigenvalue weighted by atomic mass is 32.2. The maximum atomic E-state index is 12.2. The van der Waals surface area contributed by atoms with Gasteiger partial charge >= 0.3 is 0 Å². The molecule has 2 rings (SSSR count). The van der Waals surface area contributed by atoms with Crippen molar-refractivity contribution in [3.8, 4) is 0 Å². The SMILES string of the molecule is CC1CCC(N(C)C(=O)CSc2nnc(N)n2C)CC1. The summed E-state index contributed by atoms with van der Waals surface area (Å²) in [5, 5.41) is 8.41. The van der Waals surface area contributed by atoms with Gasteiger partial charge in [-0.15, -0.1) is 10.2 Å². The van der Waals surface area contributed by atoms with Crippen LogP contribution < -0.4 is 5.73 Å². The predicted molar refractivity (Wildman–Crippen MR) is 80.3 cm³/mol. The molecule has 1 heterocycles. The third kappa shape index (κ3) is 3.45. The quantitative estimate of drug-likeness (QED) is 0.853. The summed E-state index contributed by atoms with van der Waals surface area (Å²) in [7, 11) is 3.71. The van der Waals surface area contributed by atoms with Gasteiger partial charge in [-0.05, 0) is 31.6 Å². The van der Waals surface area contributed by atoms with Crippen molar-refractivity contribution in [1.29, 1.82) is 0 Å². The van der Waals surface area contributed by atoms with Crippen LogP contribution in [-0.4, -0.2) is 44.4 Å². The van der Waals surface area contributed by atoms with Crippen LogP contribution in [0.2, 0.25) is 0 Å². The average molecular weight is 297 g/mol. The van der Waals surface area contributed by atoms with Crippen LogP contribution in [0.1, 0.15) is 32.6 Å². The summed E-state index contributed by atoms with van der Waals surface area (Å²) in [6.45, 7) is 2.28. The summed E-state index contributed by atoms with van der Waals surface area (Å²) in [4.78, 5) is 14.1. The van der Waals surface area contributed by atoms with Crippen molar-refractivity contribution < 1.29 is 4.79 Å². The molecule has 0 radical (unpaired) electrons. The van der Waals surface area contributed by atoms with Crippen LogP contribution in [0, 0.1) is 5.92 Å². The average Bonchev–Trinajstić information content (AvgIpc) is 2.76. The lowest BCUT2D eigenvalue weighted by atomic mass is 9.87. The van der Waals surface area contributed by atoms with Crippen molar-refractivity contribution >= 4 is 23.6 Å². The molecule has 1 fully saturated rings. The first-order chi connectivity index (χ1) is 9.49. The van der Waals surface area contributed by atoms with Crippen molar-refractivity contribution in [1.82, 2.24) is 19.7 Å². The second kappa shape index (κ2) is 6.47. The molecule has 0 saturated heterocycles. The standard InChI is InChI=1S/C13H23N5OS/c1-9-4-6-10(7-5-9)17(2)11(19)8-20-13-16-15-12(14)18(13)3/h9-10H,4-8H2,1-3H3,(H2,14,15). The number of aromatic nitrogens is 3. The first kappa shape index (κ1) is 15.2. The molecular weight excluding hydrogens is 274 g/mol. The Hall–Kier alpha value is -1.24. The Kier molecular flexibility index (Phi) is 4.91. The monoisotopic (exact) mass is 297 g/mol. The van der Waals surface area contributed by atoms with Gasteiger partial charge < -0.3 is 10.6 Å². The molecule has 0 bridgehead atoms. The molecule has 20 heavy (non-hydrogen) atoms. The van der Waals surface area contributed by atoms with Crippen LogP contribution in [0.3, 0.4) is 0 Å². The van der Waals surface area contributed by atoms with E-state index in [0.717, 1.165) is 18.8 Å². The van der Waals surface area contributed by atoms with Crippen molar-refractivity contribution in [3.05, 3.63) is 0 Å². The molecule has 112 valence electrons. The van der Waals surface area contributed by atoms with E-state index in [-0.39, 0.29) is 5.91 Å². The third-order valence-electron chi connectivity index (χ3n) is 4.12. The summed E-state index contributed by atoms with van der Waals surface area (Å²) in [5.41, 5.74) is 5.62. The fourth-order valence-corrected chi connectivity index (χ4v) is 3.36. The summed E-state index contributed by atoms with van der Waals surface area (Å²) >= 11 is 1.39. The Morgan fingerprint density at radius 3 is 2.60 bits per heavy atom. The maximum absolute atomic E-state index is 12.2. The van der Waals surface area contributed by atoms with Crippen LogP contribution in [-0.2, 0) is 11.8 Å². The first-order valence-electron chi connectivity index (χ1n) is 7.02. The number of hydrogen-bond acceptors (Lipinski definition) is 5. The van der Waals surface area contributed by atoms with Gasteiger partial charge in [0.05, 0.1) is 5.75 Å². The number of thioether (sulfide) groups is 1. The zero-order valence-electron chi connectivity index (χ0n) is 12.4. The molecular formula is C13H23N5OS. The maximum Gasteiger partial charge on any atom is 0.233 e. The number of nitrogen functional groups attached to an aromatic ring is 1.